The van der Waals surface area contributed by atoms with E-state index in [2.05, 4.69) is 62.4 Å². The third kappa shape index (κ3) is 4.66. The summed E-state index contributed by atoms with van der Waals surface area (Å²) in [7, 11) is 0. The normalized spacial score (nSPS) is 13.3. The van der Waals surface area contributed by atoms with E-state index in [1.54, 1.807) is 0 Å². The Morgan fingerprint density at radius 3 is 1.35 bits per heavy atom. The highest BCUT2D eigenvalue weighted by Gasteiger charge is 2.09. The van der Waals surface area contributed by atoms with Gasteiger partial charge in [0.05, 0.1) is 0 Å². The van der Waals surface area contributed by atoms with Gasteiger partial charge in [-0.3, -0.25) is 0 Å². The molecule has 134 valence electrons. The number of hydrogen-bond donors (Lipinski definition) is 2. The Morgan fingerprint density at radius 1 is 0.615 bits per heavy atom. The molecular formula is C24H28N2. The summed E-state index contributed by atoms with van der Waals surface area (Å²) in [6.07, 6.45) is 2.04. The Kier molecular flexibility index (Phi) is 5.62. The summed E-state index contributed by atoms with van der Waals surface area (Å²) in [5, 5.41) is 0. The molecule has 3 aromatic rings. The van der Waals surface area contributed by atoms with Crippen molar-refractivity contribution in [2.75, 3.05) is 11.5 Å². The third-order valence-electron chi connectivity index (χ3n) is 5.07. The molecular weight excluding hydrogens is 316 g/mol. The zero-order valence-electron chi connectivity index (χ0n) is 15.7. The summed E-state index contributed by atoms with van der Waals surface area (Å²) in [4.78, 5) is 0. The zero-order chi connectivity index (χ0) is 18.5. The van der Waals surface area contributed by atoms with Gasteiger partial charge in [-0.25, -0.2) is 0 Å². The van der Waals surface area contributed by atoms with Crippen LogP contribution in [0.1, 0.15) is 47.9 Å². The van der Waals surface area contributed by atoms with Crippen LogP contribution in [0.25, 0.3) is 0 Å². The van der Waals surface area contributed by atoms with Crippen LogP contribution in [0.3, 0.4) is 0 Å². The van der Waals surface area contributed by atoms with E-state index < -0.39 is 0 Å². The molecule has 2 unspecified atom stereocenters. The summed E-state index contributed by atoms with van der Waals surface area (Å²) < 4.78 is 0. The van der Waals surface area contributed by atoms with Crippen LogP contribution in [0, 0.1) is 0 Å². The van der Waals surface area contributed by atoms with Gasteiger partial charge in [-0.05, 0) is 71.2 Å². The predicted molar refractivity (Wildman–Crippen MR) is 112 cm³/mol. The van der Waals surface area contributed by atoms with Gasteiger partial charge in [0.25, 0.3) is 0 Å². The molecule has 2 atom stereocenters. The summed E-state index contributed by atoms with van der Waals surface area (Å²) in [6, 6.07) is 25.4. The summed E-state index contributed by atoms with van der Waals surface area (Å²) >= 11 is 0. The molecule has 26 heavy (non-hydrogen) atoms. The first-order chi connectivity index (χ1) is 12.5. The van der Waals surface area contributed by atoms with Gasteiger partial charge in [0, 0.05) is 11.4 Å². The number of rotatable bonds is 6. The van der Waals surface area contributed by atoms with Crippen molar-refractivity contribution in [3.8, 4) is 0 Å². The van der Waals surface area contributed by atoms with Crippen LogP contribution in [-0.4, -0.2) is 0 Å². The summed E-state index contributed by atoms with van der Waals surface area (Å²) in [5.74, 6) is 0.908. The fourth-order valence-corrected chi connectivity index (χ4v) is 3.49. The van der Waals surface area contributed by atoms with Gasteiger partial charge in [0.1, 0.15) is 0 Å². The van der Waals surface area contributed by atoms with Gasteiger partial charge in [0.2, 0.25) is 0 Å². The number of benzene rings is 3. The monoisotopic (exact) mass is 344 g/mol. The number of nitrogens with two attached hydrogens (primary N) is 2. The molecule has 0 amide bonds. The zero-order valence-corrected chi connectivity index (χ0v) is 15.7. The molecule has 0 bridgehead atoms. The molecule has 0 fully saturated rings. The summed E-state index contributed by atoms with van der Waals surface area (Å²) in [5.41, 5.74) is 18.8. The maximum absolute atomic E-state index is 5.91. The minimum absolute atomic E-state index is 0.454. The second-order valence-electron chi connectivity index (χ2n) is 7.37. The highest BCUT2D eigenvalue weighted by molar-refractivity contribution is 5.43. The number of hydrogen-bond acceptors (Lipinski definition) is 2. The maximum atomic E-state index is 5.91. The van der Waals surface area contributed by atoms with E-state index in [1.165, 1.54) is 22.3 Å². The van der Waals surface area contributed by atoms with E-state index in [1.807, 2.05) is 24.3 Å². The number of nitrogen functional groups attached to an aromatic ring is 2. The molecule has 2 nitrogen and oxygen atoms in total. The third-order valence-corrected chi connectivity index (χ3v) is 5.07. The van der Waals surface area contributed by atoms with Crippen molar-refractivity contribution in [3.63, 3.8) is 0 Å². The predicted octanol–water partition coefficient (Wildman–Crippen LogP) is 5.54. The minimum atomic E-state index is 0.454. The van der Waals surface area contributed by atoms with Crippen LogP contribution >= 0.6 is 0 Å². The second kappa shape index (κ2) is 8.09. The van der Waals surface area contributed by atoms with Crippen LogP contribution in [0.2, 0.25) is 0 Å². The quantitative estimate of drug-likeness (QED) is 0.577. The first-order valence-corrected chi connectivity index (χ1v) is 9.30. The van der Waals surface area contributed by atoms with Gasteiger partial charge < -0.3 is 11.5 Å². The van der Waals surface area contributed by atoms with E-state index in [0.29, 0.717) is 11.8 Å². The van der Waals surface area contributed by atoms with E-state index in [0.717, 1.165) is 24.2 Å². The molecule has 0 spiro atoms. The molecule has 0 aromatic heterocycles. The van der Waals surface area contributed by atoms with Crippen molar-refractivity contribution in [1.82, 2.24) is 0 Å². The van der Waals surface area contributed by atoms with Crippen molar-refractivity contribution in [3.05, 3.63) is 95.1 Å². The Labute approximate surface area is 156 Å². The summed E-state index contributed by atoms with van der Waals surface area (Å²) in [6.45, 7) is 4.51. The van der Waals surface area contributed by atoms with Crippen LogP contribution < -0.4 is 11.5 Å². The fourth-order valence-electron chi connectivity index (χ4n) is 3.49. The van der Waals surface area contributed by atoms with Crippen molar-refractivity contribution in [2.45, 2.75) is 38.5 Å². The van der Waals surface area contributed by atoms with E-state index in [-0.39, 0.29) is 0 Å². The Hall–Kier alpha value is -2.74. The molecule has 0 aliphatic carbocycles. The molecule has 0 aliphatic heterocycles. The molecule has 2 heteroatoms. The Morgan fingerprint density at radius 2 is 1.00 bits per heavy atom. The standard InChI is InChI=1S/C24H28N2/c1-17(21-5-3-7-23(25)15-21)13-19-9-11-20(12-10-19)14-18(2)22-6-4-8-24(26)16-22/h3-12,15-18H,13-14,25-26H2,1-2H3. The smallest absolute Gasteiger partial charge is 0.0316 e. The molecule has 0 saturated carbocycles. The van der Waals surface area contributed by atoms with E-state index in [4.69, 9.17) is 11.5 Å². The van der Waals surface area contributed by atoms with Crippen molar-refractivity contribution in [2.24, 2.45) is 0 Å². The molecule has 0 aliphatic rings. The van der Waals surface area contributed by atoms with Gasteiger partial charge in [-0.2, -0.15) is 0 Å². The van der Waals surface area contributed by atoms with Crippen LogP contribution in [-0.2, 0) is 12.8 Å². The van der Waals surface area contributed by atoms with E-state index in [9.17, 15) is 0 Å². The molecule has 4 N–H and O–H groups in total. The van der Waals surface area contributed by atoms with Gasteiger partial charge in [-0.1, -0.05) is 62.4 Å². The van der Waals surface area contributed by atoms with Crippen LogP contribution in [0.15, 0.2) is 72.8 Å². The van der Waals surface area contributed by atoms with Crippen LogP contribution in [0.5, 0.6) is 0 Å². The maximum Gasteiger partial charge on any atom is 0.0316 e. The highest BCUT2D eigenvalue weighted by atomic mass is 14.5. The first-order valence-electron chi connectivity index (χ1n) is 9.30. The fraction of sp³-hybridized carbons (Fsp3) is 0.250. The largest absolute Gasteiger partial charge is 0.399 e. The van der Waals surface area contributed by atoms with Gasteiger partial charge in [-0.15, -0.1) is 0 Å². The Bertz CT molecular complexity index is 780. The lowest BCUT2D eigenvalue weighted by atomic mass is 9.91. The average Bonchev–Trinajstić information content (AvgIpc) is 2.63. The molecule has 3 aromatic carbocycles. The van der Waals surface area contributed by atoms with Gasteiger partial charge in [0.15, 0.2) is 0 Å². The van der Waals surface area contributed by atoms with Crippen molar-refractivity contribution in [1.29, 1.82) is 0 Å². The molecule has 0 heterocycles. The second-order valence-corrected chi connectivity index (χ2v) is 7.37. The molecule has 0 radical (unpaired) electrons. The van der Waals surface area contributed by atoms with Crippen molar-refractivity contribution < 1.29 is 0 Å². The van der Waals surface area contributed by atoms with Crippen LogP contribution in [0.4, 0.5) is 11.4 Å². The topological polar surface area (TPSA) is 52.0 Å². The first kappa shape index (κ1) is 18.1. The van der Waals surface area contributed by atoms with E-state index >= 15 is 0 Å². The minimum Gasteiger partial charge on any atom is -0.399 e. The van der Waals surface area contributed by atoms with Gasteiger partial charge >= 0.3 is 0 Å². The van der Waals surface area contributed by atoms with Crippen molar-refractivity contribution >= 4 is 11.4 Å². The molecule has 3 rings (SSSR count). The lowest BCUT2D eigenvalue weighted by Gasteiger charge is -2.15. The Balaban J connectivity index is 1.63. The lowest BCUT2D eigenvalue weighted by Crippen LogP contribution is -2.01. The SMILES string of the molecule is CC(Cc1ccc(CC(C)c2cccc(N)c2)cc1)c1cccc(N)c1. The lowest BCUT2D eigenvalue weighted by molar-refractivity contribution is 0.750. The highest BCUT2D eigenvalue weighted by Crippen LogP contribution is 2.25. The molecule has 0 saturated heterocycles. The number of anilines is 2. The average molecular weight is 345 g/mol.